The van der Waals surface area contributed by atoms with E-state index in [1.54, 1.807) is 24.4 Å². The molecule has 2 aromatic rings. The SMILES string of the molecule is CC(Oc1ccc(Cl)c2cccnc12)C(=O)O. The molecule has 1 unspecified atom stereocenters. The van der Waals surface area contributed by atoms with Gasteiger partial charge in [-0.25, -0.2) is 4.79 Å². The van der Waals surface area contributed by atoms with Crippen LogP contribution in [-0.4, -0.2) is 22.2 Å². The highest BCUT2D eigenvalue weighted by Gasteiger charge is 2.15. The number of rotatable bonds is 3. The first-order chi connectivity index (χ1) is 8.09. The molecule has 88 valence electrons. The van der Waals surface area contributed by atoms with Gasteiger partial charge >= 0.3 is 5.97 Å². The Kier molecular flexibility index (Phi) is 3.15. The van der Waals surface area contributed by atoms with Crippen molar-refractivity contribution in [1.82, 2.24) is 4.98 Å². The van der Waals surface area contributed by atoms with E-state index in [9.17, 15) is 4.79 Å². The molecule has 1 aromatic carbocycles. The molecule has 0 saturated heterocycles. The van der Waals surface area contributed by atoms with Crippen molar-refractivity contribution in [3.63, 3.8) is 0 Å². The third-order valence-electron chi connectivity index (χ3n) is 2.33. The zero-order chi connectivity index (χ0) is 12.4. The van der Waals surface area contributed by atoms with Gasteiger partial charge in [0.2, 0.25) is 0 Å². The van der Waals surface area contributed by atoms with Crippen molar-refractivity contribution >= 4 is 28.5 Å². The van der Waals surface area contributed by atoms with E-state index < -0.39 is 12.1 Å². The number of benzene rings is 1. The van der Waals surface area contributed by atoms with Crippen LogP contribution in [0.1, 0.15) is 6.92 Å². The first kappa shape index (κ1) is 11.7. The number of hydrogen-bond donors (Lipinski definition) is 1. The largest absolute Gasteiger partial charge is 0.479 e. The molecule has 1 heterocycles. The molecule has 0 aliphatic rings. The molecule has 4 nitrogen and oxygen atoms in total. The minimum atomic E-state index is -1.02. The smallest absolute Gasteiger partial charge is 0.344 e. The van der Waals surface area contributed by atoms with E-state index in [0.29, 0.717) is 16.3 Å². The number of ether oxygens (including phenoxy) is 1. The Bertz CT molecular complexity index is 571. The minimum Gasteiger partial charge on any atom is -0.479 e. The fraction of sp³-hybridized carbons (Fsp3) is 0.167. The predicted molar refractivity (Wildman–Crippen MR) is 64.5 cm³/mol. The Morgan fingerprint density at radius 2 is 2.24 bits per heavy atom. The number of halogens is 1. The van der Waals surface area contributed by atoms with Crippen molar-refractivity contribution < 1.29 is 14.6 Å². The maximum Gasteiger partial charge on any atom is 0.344 e. The number of aromatic nitrogens is 1. The van der Waals surface area contributed by atoms with Crippen molar-refractivity contribution in [2.45, 2.75) is 13.0 Å². The molecule has 5 heteroatoms. The highest BCUT2D eigenvalue weighted by molar-refractivity contribution is 6.35. The van der Waals surface area contributed by atoms with Gasteiger partial charge in [-0.2, -0.15) is 0 Å². The molecule has 0 spiro atoms. The van der Waals surface area contributed by atoms with Crippen molar-refractivity contribution in [1.29, 1.82) is 0 Å². The summed E-state index contributed by atoms with van der Waals surface area (Å²) in [5.74, 6) is -0.607. The summed E-state index contributed by atoms with van der Waals surface area (Å²) in [6.45, 7) is 1.46. The molecule has 2 rings (SSSR count). The Labute approximate surface area is 103 Å². The number of hydrogen-bond acceptors (Lipinski definition) is 3. The summed E-state index contributed by atoms with van der Waals surface area (Å²) >= 11 is 6.02. The van der Waals surface area contributed by atoms with E-state index in [1.807, 2.05) is 6.07 Å². The third-order valence-corrected chi connectivity index (χ3v) is 2.66. The van der Waals surface area contributed by atoms with Gasteiger partial charge < -0.3 is 9.84 Å². The Balaban J connectivity index is 2.48. The molecular formula is C12H10ClNO3. The molecule has 17 heavy (non-hydrogen) atoms. The number of pyridine rings is 1. The Morgan fingerprint density at radius 3 is 2.94 bits per heavy atom. The molecule has 0 aliphatic heterocycles. The zero-order valence-electron chi connectivity index (χ0n) is 9.05. The van der Waals surface area contributed by atoms with Crippen LogP contribution >= 0.6 is 11.6 Å². The molecule has 0 radical (unpaired) electrons. The summed E-state index contributed by atoms with van der Waals surface area (Å²) in [6.07, 6.45) is 0.679. The quantitative estimate of drug-likeness (QED) is 0.911. The van der Waals surface area contributed by atoms with E-state index >= 15 is 0 Å². The second kappa shape index (κ2) is 4.59. The lowest BCUT2D eigenvalue weighted by molar-refractivity contribution is -0.144. The molecule has 1 N–H and O–H groups in total. The van der Waals surface area contributed by atoms with E-state index in [0.717, 1.165) is 5.39 Å². The summed E-state index contributed by atoms with van der Waals surface area (Å²) in [4.78, 5) is 14.9. The van der Waals surface area contributed by atoms with E-state index in [4.69, 9.17) is 21.4 Å². The first-order valence-electron chi connectivity index (χ1n) is 5.02. The maximum atomic E-state index is 10.7. The van der Waals surface area contributed by atoms with E-state index in [1.165, 1.54) is 6.92 Å². The first-order valence-corrected chi connectivity index (χ1v) is 5.40. The normalized spacial score (nSPS) is 12.4. The standard InChI is InChI=1S/C12H10ClNO3/c1-7(12(15)16)17-10-5-4-9(13)8-3-2-6-14-11(8)10/h2-7H,1H3,(H,15,16). The number of carboxylic acids is 1. The van der Waals surface area contributed by atoms with Crippen molar-refractivity contribution in [3.8, 4) is 5.75 Å². The van der Waals surface area contributed by atoms with E-state index in [-0.39, 0.29) is 0 Å². The van der Waals surface area contributed by atoms with Crippen LogP contribution < -0.4 is 4.74 Å². The monoisotopic (exact) mass is 251 g/mol. The molecule has 1 atom stereocenters. The average Bonchev–Trinajstić information content (AvgIpc) is 2.33. The third kappa shape index (κ3) is 2.31. The van der Waals surface area contributed by atoms with Gasteiger partial charge in [-0.1, -0.05) is 11.6 Å². The molecule has 0 saturated carbocycles. The summed E-state index contributed by atoms with van der Waals surface area (Å²) in [5, 5.41) is 10.1. The van der Waals surface area contributed by atoms with Crippen LogP contribution in [0.15, 0.2) is 30.5 Å². The van der Waals surface area contributed by atoms with Crippen LogP contribution in [-0.2, 0) is 4.79 Å². The van der Waals surface area contributed by atoms with Gasteiger partial charge in [0.25, 0.3) is 0 Å². The van der Waals surface area contributed by atoms with Gasteiger partial charge in [-0.15, -0.1) is 0 Å². The fourth-order valence-corrected chi connectivity index (χ4v) is 1.66. The molecular weight excluding hydrogens is 242 g/mol. The van der Waals surface area contributed by atoms with Crippen LogP contribution in [0.5, 0.6) is 5.75 Å². The fourth-order valence-electron chi connectivity index (χ4n) is 1.45. The molecule has 0 amide bonds. The van der Waals surface area contributed by atoms with Crippen LogP contribution in [0.25, 0.3) is 10.9 Å². The minimum absolute atomic E-state index is 0.417. The molecule has 1 aromatic heterocycles. The summed E-state index contributed by atoms with van der Waals surface area (Å²) < 4.78 is 5.32. The van der Waals surface area contributed by atoms with Gasteiger partial charge in [0.05, 0.1) is 5.02 Å². The number of nitrogens with zero attached hydrogens (tertiary/aromatic N) is 1. The number of fused-ring (bicyclic) bond motifs is 1. The number of carboxylic acid groups (broad SMARTS) is 1. The summed E-state index contributed by atoms with van der Waals surface area (Å²) in [7, 11) is 0. The number of carbonyl (C=O) groups is 1. The van der Waals surface area contributed by atoms with Gasteiger partial charge in [-0.05, 0) is 31.2 Å². The topological polar surface area (TPSA) is 59.4 Å². The van der Waals surface area contributed by atoms with Crippen LogP contribution in [0.3, 0.4) is 0 Å². The van der Waals surface area contributed by atoms with Crippen molar-refractivity contribution in [2.75, 3.05) is 0 Å². The van der Waals surface area contributed by atoms with Crippen molar-refractivity contribution in [2.24, 2.45) is 0 Å². The molecule has 0 aliphatic carbocycles. The van der Waals surface area contributed by atoms with Crippen LogP contribution in [0.4, 0.5) is 0 Å². The predicted octanol–water partition coefficient (Wildman–Crippen LogP) is 2.74. The Hall–Kier alpha value is -1.81. The summed E-state index contributed by atoms with van der Waals surface area (Å²) in [5.41, 5.74) is 0.563. The molecule has 0 bridgehead atoms. The van der Waals surface area contributed by atoms with Crippen LogP contribution in [0.2, 0.25) is 5.02 Å². The lowest BCUT2D eigenvalue weighted by atomic mass is 10.2. The van der Waals surface area contributed by atoms with Gasteiger partial charge in [0.1, 0.15) is 11.3 Å². The second-order valence-electron chi connectivity index (χ2n) is 3.54. The van der Waals surface area contributed by atoms with Crippen molar-refractivity contribution in [3.05, 3.63) is 35.5 Å². The zero-order valence-corrected chi connectivity index (χ0v) is 9.81. The lowest BCUT2D eigenvalue weighted by Crippen LogP contribution is -2.23. The average molecular weight is 252 g/mol. The van der Waals surface area contributed by atoms with Gasteiger partial charge in [-0.3, -0.25) is 4.98 Å². The Morgan fingerprint density at radius 1 is 1.47 bits per heavy atom. The lowest BCUT2D eigenvalue weighted by Gasteiger charge is -2.12. The van der Waals surface area contributed by atoms with E-state index in [2.05, 4.69) is 4.98 Å². The highest BCUT2D eigenvalue weighted by atomic mass is 35.5. The maximum absolute atomic E-state index is 10.7. The summed E-state index contributed by atoms with van der Waals surface area (Å²) in [6, 6.07) is 6.86. The van der Waals surface area contributed by atoms with Gasteiger partial charge in [0, 0.05) is 11.6 Å². The van der Waals surface area contributed by atoms with Gasteiger partial charge in [0.15, 0.2) is 6.10 Å². The highest BCUT2D eigenvalue weighted by Crippen LogP contribution is 2.30. The second-order valence-corrected chi connectivity index (χ2v) is 3.95. The molecule has 0 fully saturated rings. The number of aliphatic carboxylic acids is 1. The van der Waals surface area contributed by atoms with Crippen LogP contribution in [0, 0.1) is 0 Å².